The first kappa shape index (κ1) is 9.13. The molecule has 0 saturated carbocycles. The Morgan fingerprint density at radius 3 is 2.79 bits per heavy atom. The highest BCUT2D eigenvalue weighted by Crippen LogP contribution is 2.25. The van der Waals surface area contributed by atoms with Crippen molar-refractivity contribution in [3.63, 3.8) is 0 Å². The lowest BCUT2D eigenvalue weighted by Gasteiger charge is -2.09. The summed E-state index contributed by atoms with van der Waals surface area (Å²) in [5.41, 5.74) is 9.34. The van der Waals surface area contributed by atoms with Gasteiger partial charge in [-0.2, -0.15) is 0 Å². The van der Waals surface area contributed by atoms with Crippen LogP contribution < -0.4 is 5.73 Å². The molecule has 14 heavy (non-hydrogen) atoms. The number of rotatable bonds is 2. The summed E-state index contributed by atoms with van der Waals surface area (Å²) >= 11 is 0. The summed E-state index contributed by atoms with van der Waals surface area (Å²) < 4.78 is 0. The van der Waals surface area contributed by atoms with Gasteiger partial charge in [-0.1, -0.05) is 13.8 Å². The number of hydrogen-bond donors (Lipinski definition) is 2. The Morgan fingerprint density at radius 2 is 2.07 bits per heavy atom. The molecule has 0 atom stereocenters. The van der Waals surface area contributed by atoms with Crippen LogP contribution in [0.4, 0.5) is 5.69 Å². The van der Waals surface area contributed by atoms with E-state index in [9.17, 15) is 0 Å². The van der Waals surface area contributed by atoms with Crippen molar-refractivity contribution in [1.29, 1.82) is 0 Å². The molecule has 1 aromatic heterocycles. The Morgan fingerprint density at radius 1 is 1.29 bits per heavy atom. The van der Waals surface area contributed by atoms with Crippen LogP contribution in [-0.2, 0) is 6.42 Å². The number of fused-ring (bicyclic) bond motifs is 1. The summed E-state index contributed by atoms with van der Waals surface area (Å²) in [5.74, 6) is 0.637. The van der Waals surface area contributed by atoms with Crippen molar-refractivity contribution in [2.75, 3.05) is 5.73 Å². The minimum absolute atomic E-state index is 0.637. The van der Waals surface area contributed by atoms with E-state index in [2.05, 4.69) is 24.9 Å². The lowest BCUT2D eigenvalue weighted by atomic mass is 9.98. The first-order valence-corrected chi connectivity index (χ1v) is 5.03. The fourth-order valence-corrected chi connectivity index (χ4v) is 1.85. The molecule has 0 aliphatic heterocycles. The summed E-state index contributed by atoms with van der Waals surface area (Å²) in [6, 6.07) is 6.12. The van der Waals surface area contributed by atoms with E-state index < -0.39 is 0 Å². The van der Waals surface area contributed by atoms with Crippen LogP contribution in [0.25, 0.3) is 10.9 Å². The molecule has 1 aromatic carbocycles. The number of nitrogens with two attached hydrogens (primary N) is 1. The van der Waals surface area contributed by atoms with Crippen LogP contribution in [-0.4, -0.2) is 4.98 Å². The second-order valence-corrected chi connectivity index (χ2v) is 4.17. The van der Waals surface area contributed by atoms with E-state index >= 15 is 0 Å². The van der Waals surface area contributed by atoms with Gasteiger partial charge in [0, 0.05) is 22.8 Å². The third-order valence-electron chi connectivity index (χ3n) is 2.49. The van der Waals surface area contributed by atoms with E-state index in [1.165, 1.54) is 16.5 Å². The van der Waals surface area contributed by atoms with Crippen molar-refractivity contribution < 1.29 is 0 Å². The topological polar surface area (TPSA) is 41.8 Å². The number of hydrogen-bond acceptors (Lipinski definition) is 1. The molecule has 2 rings (SSSR count). The van der Waals surface area contributed by atoms with Gasteiger partial charge in [0.25, 0.3) is 0 Å². The van der Waals surface area contributed by atoms with Crippen molar-refractivity contribution in [2.24, 2.45) is 5.92 Å². The third kappa shape index (κ3) is 1.48. The molecule has 2 heteroatoms. The number of H-pyrrole nitrogens is 1. The van der Waals surface area contributed by atoms with Crippen LogP contribution in [0.2, 0.25) is 0 Å². The van der Waals surface area contributed by atoms with Gasteiger partial charge >= 0.3 is 0 Å². The van der Waals surface area contributed by atoms with Gasteiger partial charge in [0.2, 0.25) is 0 Å². The SMILES string of the molecule is CC(C)Cc1c(N)ccc2[nH]ccc12. The normalized spacial score (nSPS) is 11.4. The van der Waals surface area contributed by atoms with Gasteiger partial charge in [0.05, 0.1) is 0 Å². The molecule has 0 amide bonds. The number of benzene rings is 1. The highest BCUT2D eigenvalue weighted by Gasteiger charge is 2.07. The van der Waals surface area contributed by atoms with Crippen LogP contribution in [0.1, 0.15) is 19.4 Å². The second kappa shape index (κ2) is 3.37. The molecular weight excluding hydrogens is 172 g/mol. The molecule has 74 valence electrons. The maximum absolute atomic E-state index is 5.98. The van der Waals surface area contributed by atoms with Gasteiger partial charge in [0.15, 0.2) is 0 Å². The van der Waals surface area contributed by atoms with Gasteiger partial charge in [-0.05, 0) is 36.1 Å². The number of nitrogens with one attached hydrogen (secondary N) is 1. The van der Waals surface area contributed by atoms with E-state index in [0.29, 0.717) is 5.92 Å². The van der Waals surface area contributed by atoms with Gasteiger partial charge in [0.1, 0.15) is 0 Å². The molecule has 1 heterocycles. The fraction of sp³-hybridized carbons (Fsp3) is 0.333. The minimum Gasteiger partial charge on any atom is -0.398 e. The van der Waals surface area contributed by atoms with E-state index in [1.807, 2.05) is 18.3 Å². The molecule has 0 aliphatic rings. The molecule has 0 spiro atoms. The second-order valence-electron chi connectivity index (χ2n) is 4.17. The predicted octanol–water partition coefficient (Wildman–Crippen LogP) is 2.95. The van der Waals surface area contributed by atoms with Crippen LogP contribution in [0.3, 0.4) is 0 Å². The molecule has 0 radical (unpaired) electrons. The molecule has 2 aromatic rings. The smallest absolute Gasteiger partial charge is 0.0458 e. The van der Waals surface area contributed by atoms with E-state index in [-0.39, 0.29) is 0 Å². The summed E-state index contributed by atoms with van der Waals surface area (Å²) in [6.45, 7) is 4.43. The predicted molar refractivity (Wildman–Crippen MR) is 61.3 cm³/mol. The molecule has 0 aliphatic carbocycles. The Kier molecular flexibility index (Phi) is 2.20. The zero-order chi connectivity index (χ0) is 10.1. The minimum atomic E-state index is 0.637. The standard InChI is InChI=1S/C12H16N2/c1-8(2)7-10-9-5-6-14-12(9)4-3-11(10)13/h3-6,8,14H,7,13H2,1-2H3. The van der Waals surface area contributed by atoms with Gasteiger partial charge in [-0.15, -0.1) is 0 Å². The zero-order valence-electron chi connectivity index (χ0n) is 8.67. The Bertz CT molecular complexity index is 441. The summed E-state index contributed by atoms with van der Waals surface area (Å²) in [7, 11) is 0. The Balaban J connectivity index is 2.58. The van der Waals surface area contributed by atoms with Crippen molar-refractivity contribution >= 4 is 16.6 Å². The van der Waals surface area contributed by atoms with Crippen molar-refractivity contribution in [3.8, 4) is 0 Å². The number of aromatic nitrogens is 1. The first-order chi connectivity index (χ1) is 6.68. The lowest BCUT2D eigenvalue weighted by Crippen LogP contribution is -1.99. The lowest BCUT2D eigenvalue weighted by molar-refractivity contribution is 0.651. The summed E-state index contributed by atoms with van der Waals surface area (Å²) in [6.07, 6.45) is 3.01. The average Bonchev–Trinajstić information content (AvgIpc) is 2.57. The first-order valence-electron chi connectivity index (χ1n) is 5.03. The van der Waals surface area contributed by atoms with E-state index in [1.54, 1.807) is 0 Å². The maximum atomic E-state index is 5.98. The number of aromatic amines is 1. The van der Waals surface area contributed by atoms with Crippen molar-refractivity contribution in [1.82, 2.24) is 4.98 Å². The van der Waals surface area contributed by atoms with Crippen LogP contribution in [0, 0.1) is 5.92 Å². The Labute approximate surface area is 84.1 Å². The largest absolute Gasteiger partial charge is 0.398 e. The summed E-state index contributed by atoms with van der Waals surface area (Å²) in [5, 5.41) is 1.26. The van der Waals surface area contributed by atoms with Gasteiger partial charge < -0.3 is 10.7 Å². The van der Waals surface area contributed by atoms with Crippen LogP contribution in [0.5, 0.6) is 0 Å². The van der Waals surface area contributed by atoms with Crippen molar-refractivity contribution in [3.05, 3.63) is 30.0 Å². The van der Waals surface area contributed by atoms with Crippen molar-refractivity contribution in [2.45, 2.75) is 20.3 Å². The van der Waals surface area contributed by atoms with E-state index in [0.717, 1.165) is 12.1 Å². The van der Waals surface area contributed by atoms with Gasteiger partial charge in [-0.3, -0.25) is 0 Å². The molecule has 2 nitrogen and oxygen atoms in total. The zero-order valence-corrected chi connectivity index (χ0v) is 8.67. The average molecular weight is 188 g/mol. The number of nitrogen functional groups attached to an aromatic ring is 1. The molecule has 3 N–H and O–H groups in total. The highest BCUT2D eigenvalue weighted by atomic mass is 14.7. The molecule has 0 fully saturated rings. The van der Waals surface area contributed by atoms with Crippen LogP contribution >= 0.6 is 0 Å². The molecular formula is C12H16N2. The maximum Gasteiger partial charge on any atom is 0.0458 e. The van der Waals surface area contributed by atoms with Crippen LogP contribution in [0.15, 0.2) is 24.4 Å². The third-order valence-corrected chi connectivity index (χ3v) is 2.49. The monoisotopic (exact) mass is 188 g/mol. The number of anilines is 1. The summed E-state index contributed by atoms with van der Waals surface area (Å²) in [4.78, 5) is 3.20. The quantitative estimate of drug-likeness (QED) is 0.699. The molecule has 0 bridgehead atoms. The van der Waals surface area contributed by atoms with Gasteiger partial charge in [-0.25, -0.2) is 0 Å². The molecule has 0 unspecified atom stereocenters. The molecule has 0 saturated heterocycles. The van der Waals surface area contributed by atoms with E-state index in [4.69, 9.17) is 5.73 Å². The Hall–Kier alpha value is -1.44. The highest BCUT2D eigenvalue weighted by molar-refractivity contribution is 5.87. The fourth-order valence-electron chi connectivity index (χ4n) is 1.85.